The number of nitrogens with zero attached hydrogens (tertiary/aromatic N) is 1. The predicted octanol–water partition coefficient (Wildman–Crippen LogP) is 3.14. The van der Waals surface area contributed by atoms with Crippen LogP contribution < -0.4 is 0 Å². The molecule has 0 radical (unpaired) electrons. The van der Waals surface area contributed by atoms with Gasteiger partial charge >= 0.3 is 0 Å². The largest absolute Gasteiger partial charge is 0.264 e. The van der Waals surface area contributed by atoms with Crippen LogP contribution in [0.25, 0.3) is 11.1 Å². The van der Waals surface area contributed by atoms with Crippen molar-refractivity contribution in [2.24, 2.45) is 0 Å². The van der Waals surface area contributed by atoms with Crippen molar-refractivity contribution in [3.8, 4) is 11.1 Å². The molecule has 2 rings (SSSR count). The molecule has 0 aliphatic carbocycles. The van der Waals surface area contributed by atoms with Crippen LogP contribution in [0.5, 0.6) is 0 Å². The topological polar surface area (TPSA) is 31.4 Å². The maximum atomic E-state index is 4.99. The summed E-state index contributed by atoms with van der Waals surface area (Å²) in [6.07, 6.45) is 3.62. The lowest BCUT2D eigenvalue weighted by atomic mass is 9.98. The molecule has 0 amide bonds. The van der Waals surface area contributed by atoms with Gasteiger partial charge in [-0.1, -0.05) is 24.3 Å². The zero-order valence-corrected chi connectivity index (χ0v) is 10.0. The molecule has 0 N–H and O–H groups in total. The van der Waals surface area contributed by atoms with Gasteiger partial charge in [-0.3, -0.25) is 4.98 Å². The average Bonchev–Trinajstić information content (AvgIpc) is 2.37. The quantitative estimate of drug-likeness (QED) is 0.596. The fourth-order valence-corrected chi connectivity index (χ4v) is 1.79. The van der Waals surface area contributed by atoms with Crippen molar-refractivity contribution in [1.29, 1.82) is 0 Å². The number of aryl methyl sites for hydroxylation is 1. The van der Waals surface area contributed by atoms with Crippen molar-refractivity contribution in [1.82, 2.24) is 4.98 Å². The fraction of sp³-hybridized carbons (Fsp3) is 0.214. The summed E-state index contributed by atoms with van der Waals surface area (Å²) in [5, 5.41) is 0. The lowest BCUT2D eigenvalue weighted by Gasteiger charge is -2.10. The highest BCUT2D eigenvalue weighted by atomic mass is 17.2. The number of pyridine rings is 1. The van der Waals surface area contributed by atoms with Crippen molar-refractivity contribution in [3.05, 3.63) is 53.9 Å². The highest BCUT2D eigenvalue weighted by Gasteiger charge is 2.07. The molecule has 2 aromatic rings. The summed E-state index contributed by atoms with van der Waals surface area (Å²) in [7, 11) is 1.51. The Bertz CT molecular complexity index is 497. The molecule has 0 atom stereocenters. The third-order valence-electron chi connectivity index (χ3n) is 2.68. The van der Waals surface area contributed by atoms with Gasteiger partial charge < -0.3 is 0 Å². The molecular formula is C14H15NO2. The third kappa shape index (κ3) is 2.70. The summed E-state index contributed by atoms with van der Waals surface area (Å²) in [5.41, 5.74) is 4.55. The maximum absolute atomic E-state index is 4.99. The molecule has 1 aromatic carbocycles. The Kier molecular flexibility index (Phi) is 3.85. The molecule has 0 unspecified atom stereocenters. The molecule has 1 heterocycles. The average molecular weight is 229 g/mol. The molecule has 0 aliphatic rings. The number of hydrogen-bond donors (Lipinski definition) is 0. The van der Waals surface area contributed by atoms with Crippen LogP contribution in [-0.2, 0) is 16.4 Å². The second-order valence-electron chi connectivity index (χ2n) is 3.78. The van der Waals surface area contributed by atoms with Crippen LogP contribution in [0.15, 0.2) is 42.7 Å². The number of rotatable bonds is 4. The Balaban J connectivity index is 2.41. The van der Waals surface area contributed by atoms with Crippen molar-refractivity contribution in [2.45, 2.75) is 13.5 Å². The van der Waals surface area contributed by atoms with Gasteiger partial charge in [-0.2, -0.15) is 0 Å². The summed E-state index contributed by atoms with van der Waals surface area (Å²) < 4.78 is 0. The highest BCUT2D eigenvalue weighted by Crippen LogP contribution is 2.26. The number of hydrogen-bond acceptors (Lipinski definition) is 3. The molecule has 0 aliphatic heterocycles. The van der Waals surface area contributed by atoms with Gasteiger partial charge in [0.1, 0.15) is 6.61 Å². The van der Waals surface area contributed by atoms with Crippen molar-refractivity contribution < 1.29 is 9.78 Å². The highest BCUT2D eigenvalue weighted by molar-refractivity contribution is 5.69. The number of aromatic nitrogens is 1. The van der Waals surface area contributed by atoms with Crippen LogP contribution in [0.3, 0.4) is 0 Å². The normalized spacial score (nSPS) is 10.5. The van der Waals surface area contributed by atoms with E-state index in [1.165, 1.54) is 18.2 Å². The Morgan fingerprint density at radius 3 is 2.71 bits per heavy atom. The molecule has 3 heteroatoms. The Hall–Kier alpha value is -1.71. The molecule has 0 saturated carbocycles. The first-order valence-electron chi connectivity index (χ1n) is 5.47. The minimum atomic E-state index is 0.419. The van der Waals surface area contributed by atoms with E-state index < -0.39 is 0 Å². The Morgan fingerprint density at radius 1 is 1.12 bits per heavy atom. The zero-order chi connectivity index (χ0) is 12.1. The van der Waals surface area contributed by atoms with Crippen LogP contribution in [-0.4, -0.2) is 12.1 Å². The van der Waals surface area contributed by atoms with Crippen molar-refractivity contribution >= 4 is 0 Å². The molecule has 17 heavy (non-hydrogen) atoms. The van der Waals surface area contributed by atoms with E-state index in [2.05, 4.69) is 28.9 Å². The summed E-state index contributed by atoms with van der Waals surface area (Å²) >= 11 is 0. The number of benzene rings is 1. The van der Waals surface area contributed by atoms with Gasteiger partial charge in [0, 0.05) is 18.0 Å². The fourth-order valence-electron chi connectivity index (χ4n) is 1.79. The zero-order valence-electron chi connectivity index (χ0n) is 10.0. The minimum Gasteiger partial charge on any atom is -0.264 e. The molecule has 88 valence electrons. The minimum absolute atomic E-state index is 0.419. The molecule has 0 fully saturated rings. The van der Waals surface area contributed by atoms with E-state index >= 15 is 0 Å². The lowest BCUT2D eigenvalue weighted by molar-refractivity contribution is -0.282. The van der Waals surface area contributed by atoms with Gasteiger partial charge in [-0.15, -0.1) is 0 Å². The van der Waals surface area contributed by atoms with Gasteiger partial charge in [-0.25, -0.2) is 9.78 Å². The summed E-state index contributed by atoms with van der Waals surface area (Å²) in [6, 6.07) is 10.2. The Morgan fingerprint density at radius 2 is 1.94 bits per heavy atom. The van der Waals surface area contributed by atoms with Crippen molar-refractivity contribution in [2.75, 3.05) is 7.11 Å². The van der Waals surface area contributed by atoms with Crippen LogP contribution in [0, 0.1) is 6.92 Å². The van der Waals surface area contributed by atoms with Crippen LogP contribution >= 0.6 is 0 Å². The van der Waals surface area contributed by atoms with E-state index in [0.29, 0.717) is 6.61 Å². The van der Waals surface area contributed by atoms with E-state index in [9.17, 15) is 0 Å². The Labute approximate surface area is 101 Å². The van der Waals surface area contributed by atoms with E-state index in [-0.39, 0.29) is 0 Å². The van der Waals surface area contributed by atoms with Gasteiger partial charge in [0.25, 0.3) is 0 Å². The first-order valence-corrected chi connectivity index (χ1v) is 5.47. The van der Waals surface area contributed by atoms with E-state index in [1.807, 2.05) is 24.4 Å². The molecule has 1 aromatic heterocycles. The van der Waals surface area contributed by atoms with Crippen LogP contribution in [0.2, 0.25) is 0 Å². The van der Waals surface area contributed by atoms with Crippen LogP contribution in [0.1, 0.15) is 11.1 Å². The van der Waals surface area contributed by atoms with E-state index in [0.717, 1.165) is 11.1 Å². The first-order chi connectivity index (χ1) is 8.33. The molecular weight excluding hydrogens is 214 g/mol. The lowest BCUT2D eigenvalue weighted by Crippen LogP contribution is -1.96. The molecule has 0 bridgehead atoms. The van der Waals surface area contributed by atoms with Crippen molar-refractivity contribution in [3.63, 3.8) is 0 Å². The maximum Gasteiger partial charge on any atom is 0.108 e. The van der Waals surface area contributed by atoms with Gasteiger partial charge in [-0.05, 0) is 29.7 Å². The molecule has 0 saturated heterocycles. The monoisotopic (exact) mass is 229 g/mol. The van der Waals surface area contributed by atoms with Gasteiger partial charge in [0.15, 0.2) is 0 Å². The standard InChI is InChI=1S/C14H15NO2/c1-11-5-3-4-6-13(11)14-9-15-8-7-12(14)10-17-16-2/h3-9H,10H2,1-2H3. The second kappa shape index (κ2) is 5.57. The SMILES string of the molecule is COOCc1ccncc1-c1ccccc1C. The summed E-state index contributed by atoms with van der Waals surface area (Å²) in [5.74, 6) is 0. The first kappa shape index (κ1) is 11.8. The van der Waals surface area contributed by atoms with E-state index in [1.54, 1.807) is 6.20 Å². The third-order valence-corrected chi connectivity index (χ3v) is 2.68. The predicted molar refractivity (Wildman–Crippen MR) is 66.2 cm³/mol. The molecule has 3 nitrogen and oxygen atoms in total. The smallest absolute Gasteiger partial charge is 0.108 e. The van der Waals surface area contributed by atoms with Gasteiger partial charge in [0.2, 0.25) is 0 Å². The van der Waals surface area contributed by atoms with Gasteiger partial charge in [0.05, 0.1) is 7.11 Å². The molecule has 0 spiro atoms. The van der Waals surface area contributed by atoms with Crippen LogP contribution in [0.4, 0.5) is 0 Å². The second-order valence-corrected chi connectivity index (χ2v) is 3.78. The summed E-state index contributed by atoms with van der Waals surface area (Å²) in [4.78, 5) is 13.8. The summed E-state index contributed by atoms with van der Waals surface area (Å²) in [6.45, 7) is 2.51. The van der Waals surface area contributed by atoms with E-state index in [4.69, 9.17) is 4.89 Å².